The zero-order valence-corrected chi connectivity index (χ0v) is 16.6. The Hall–Kier alpha value is -0.120. The van der Waals surface area contributed by atoms with Crippen LogP contribution in [0.5, 0.6) is 0 Å². The first kappa shape index (κ1) is 27.7. The average Bonchev–Trinajstić information content (AvgIpc) is 2.50. The zero-order chi connectivity index (χ0) is 15.4. The number of ether oxygens (including phenoxy) is 1. The Morgan fingerprint density at radius 3 is 0.957 bits per heavy atom. The first-order valence-electron chi connectivity index (χ1n) is 9.99. The fourth-order valence-electron chi connectivity index (χ4n) is 2.78. The Kier molecular flexibility index (Phi) is 32.2. The minimum Gasteiger partial charge on any atom is -0.381 e. The standard InChI is InChI=1S/C20H42O.2H3N/c1-3-5-7-9-11-13-15-17-19-21-20-18-16-14-12-10-8-6-4-2;;/h3-20H2,1-2H3;2*1H3. The Labute approximate surface area is 147 Å². The molecule has 6 N–H and O–H groups in total. The van der Waals surface area contributed by atoms with Crippen molar-refractivity contribution >= 4 is 0 Å². The van der Waals surface area contributed by atoms with Gasteiger partial charge in [-0.05, 0) is 12.8 Å². The fourth-order valence-corrected chi connectivity index (χ4v) is 2.78. The van der Waals surface area contributed by atoms with Crippen LogP contribution >= 0.6 is 0 Å². The summed E-state index contributed by atoms with van der Waals surface area (Å²) in [5.74, 6) is 0. The highest BCUT2D eigenvalue weighted by Gasteiger charge is 1.94. The van der Waals surface area contributed by atoms with E-state index in [0.29, 0.717) is 0 Å². The van der Waals surface area contributed by atoms with Crippen LogP contribution in [0.15, 0.2) is 0 Å². The Morgan fingerprint density at radius 1 is 0.391 bits per heavy atom. The molecule has 0 aliphatic heterocycles. The number of rotatable bonds is 18. The van der Waals surface area contributed by atoms with Crippen molar-refractivity contribution in [1.82, 2.24) is 12.3 Å². The predicted molar refractivity (Wildman–Crippen MR) is 106 cm³/mol. The lowest BCUT2D eigenvalue weighted by Gasteiger charge is -2.05. The van der Waals surface area contributed by atoms with Gasteiger partial charge in [0.15, 0.2) is 0 Å². The van der Waals surface area contributed by atoms with Crippen molar-refractivity contribution in [1.29, 1.82) is 0 Å². The lowest BCUT2D eigenvalue weighted by atomic mass is 10.1. The molecule has 0 aromatic heterocycles. The summed E-state index contributed by atoms with van der Waals surface area (Å²) in [6, 6.07) is 0. The molecule has 0 aliphatic carbocycles. The molecule has 0 saturated heterocycles. The van der Waals surface area contributed by atoms with Crippen LogP contribution in [0.3, 0.4) is 0 Å². The van der Waals surface area contributed by atoms with Gasteiger partial charge in [0.25, 0.3) is 0 Å². The van der Waals surface area contributed by atoms with Crippen molar-refractivity contribution in [2.24, 2.45) is 0 Å². The van der Waals surface area contributed by atoms with E-state index in [1.54, 1.807) is 0 Å². The van der Waals surface area contributed by atoms with E-state index in [9.17, 15) is 0 Å². The molecule has 0 fully saturated rings. The van der Waals surface area contributed by atoms with Crippen LogP contribution < -0.4 is 12.3 Å². The van der Waals surface area contributed by atoms with Crippen LogP contribution in [0.2, 0.25) is 0 Å². The van der Waals surface area contributed by atoms with E-state index in [2.05, 4.69) is 13.8 Å². The largest absolute Gasteiger partial charge is 0.381 e. The number of hydrogen-bond acceptors (Lipinski definition) is 3. The molecule has 3 heteroatoms. The molecule has 0 aromatic rings. The molecule has 0 heterocycles. The van der Waals surface area contributed by atoms with Crippen molar-refractivity contribution in [3.63, 3.8) is 0 Å². The van der Waals surface area contributed by atoms with Gasteiger partial charge in [-0.15, -0.1) is 0 Å². The van der Waals surface area contributed by atoms with E-state index < -0.39 is 0 Å². The van der Waals surface area contributed by atoms with Gasteiger partial charge in [-0.2, -0.15) is 0 Å². The molecule has 0 aromatic carbocycles. The van der Waals surface area contributed by atoms with Crippen LogP contribution in [0.1, 0.15) is 117 Å². The van der Waals surface area contributed by atoms with Gasteiger partial charge in [-0.3, -0.25) is 0 Å². The summed E-state index contributed by atoms with van der Waals surface area (Å²) >= 11 is 0. The lowest BCUT2D eigenvalue weighted by Crippen LogP contribution is -1.97. The smallest absolute Gasteiger partial charge is 0.0466 e. The summed E-state index contributed by atoms with van der Waals surface area (Å²) in [6.45, 7) is 6.55. The van der Waals surface area contributed by atoms with Gasteiger partial charge in [0.2, 0.25) is 0 Å². The molecule has 0 unspecified atom stereocenters. The van der Waals surface area contributed by atoms with Crippen molar-refractivity contribution in [3.05, 3.63) is 0 Å². The second kappa shape index (κ2) is 26.8. The molecule has 0 radical (unpaired) electrons. The van der Waals surface area contributed by atoms with Crippen LogP contribution in [-0.4, -0.2) is 13.2 Å². The Bertz CT molecular complexity index is 159. The third-order valence-electron chi connectivity index (χ3n) is 4.28. The van der Waals surface area contributed by atoms with Crippen LogP contribution in [0.4, 0.5) is 0 Å². The highest BCUT2D eigenvalue weighted by atomic mass is 16.5. The van der Waals surface area contributed by atoms with Crippen LogP contribution in [0, 0.1) is 0 Å². The summed E-state index contributed by atoms with van der Waals surface area (Å²) in [6.07, 6.45) is 22.2. The molecule has 0 saturated carbocycles. The zero-order valence-electron chi connectivity index (χ0n) is 16.6. The molecule has 0 amide bonds. The maximum absolute atomic E-state index is 5.72. The average molecular weight is 333 g/mol. The van der Waals surface area contributed by atoms with Crippen molar-refractivity contribution in [3.8, 4) is 0 Å². The molecular formula is C20H48N2O. The maximum atomic E-state index is 5.72. The Balaban J connectivity index is -0.00000200. The molecule has 0 atom stereocenters. The van der Waals surface area contributed by atoms with Gasteiger partial charge in [0.05, 0.1) is 0 Å². The summed E-state index contributed by atoms with van der Waals surface area (Å²) in [5.41, 5.74) is 0. The fraction of sp³-hybridized carbons (Fsp3) is 1.00. The van der Waals surface area contributed by atoms with E-state index >= 15 is 0 Å². The highest BCUT2D eigenvalue weighted by molar-refractivity contribution is 4.47. The summed E-state index contributed by atoms with van der Waals surface area (Å²) in [5, 5.41) is 0. The molecule has 0 aliphatic rings. The first-order valence-corrected chi connectivity index (χ1v) is 9.99. The quantitative estimate of drug-likeness (QED) is 0.253. The van der Waals surface area contributed by atoms with Gasteiger partial charge in [0, 0.05) is 13.2 Å². The van der Waals surface area contributed by atoms with Crippen molar-refractivity contribution < 1.29 is 4.74 Å². The normalized spacial score (nSPS) is 10.2. The topological polar surface area (TPSA) is 79.2 Å². The summed E-state index contributed by atoms with van der Waals surface area (Å²) in [7, 11) is 0. The van der Waals surface area contributed by atoms with Crippen LogP contribution in [-0.2, 0) is 4.74 Å². The molecule has 0 spiro atoms. The third-order valence-corrected chi connectivity index (χ3v) is 4.28. The van der Waals surface area contributed by atoms with E-state index in [-0.39, 0.29) is 12.3 Å². The monoisotopic (exact) mass is 332 g/mol. The van der Waals surface area contributed by atoms with Gasteiger partial charge in [-0.25, -0.2) is 0 Å². The lowest BCUT2D eigenvalue weighted by molar-refractivity contribution is 0.125. The molecule has 0 rings (SSSR count). The maximum Gasteiger partial charge on any atom is 0.0466 e. The third kappa shape index (κ3) is 27.0. The summed E-state index contributed by atoms with van der Waals surface area (Å²) in [4.78, 5) is 0. The molecule has 0 bridgehead atoms. The second-order valence-electron chi connectivity index (χ2n) is 6.56. The predicted octanol–water partition coefficient (Wildman–Crippen LogP) is 7.61. The minimum atomic E-state index is 0. The number of hydrogen-bond donors (Lipinski definition) is 2. The number of unbranched alkanes of at least 4 members (excludes halogenated alkanes) is 14. The molecule has 23 heavy (non-hydrogen) atoms. The molecular weight excluding hydrogens is 284 g/mol. The van der Waals surface area contributed by atoms with Crippen LogP contribution in [0.25, 0.3) is 0 Å². The van der Waals surface area contributed by atoms with Crippen molar-refractivity contribution in [2.75, 3.05) is 13.2 Å². The Morgan fingerprint density at radius 2 is 0.652 bits per heavy atom. The minimum absolute atomic E-state index is 0. The van der Waals surface area contributed by atoms with E-state index in [0.717, 1.165) is 13.2 Å². The molecule has 144 valence electrons. The van der Waals surface area contributed by atoms with Gasteiger partial charge < -0.3 is 17.0 Å². The van der Waals surface area contributed by atoms with Gasteiger partial charge >= 0.3 is 0 Å². The SMILES string of the molecule is CCCCCCCCCCOCCCCCCCCCC.N.N. The van der Waals surface area contributed by atoms with Crippen molar-refractivity contribution in [2.45, 2.75) is 117 Å². The molecule has 3 nitrogen and oxygen atoms in total. The van der Waals surface area contributed by atoms with E-state index in [4.69, 9.17) is 4.74 Å². The van der Waals surface area contributed by atoms with Gasteiger partial charge in [0.1, 0.15) is 0 Å². The summed E-state index contributed by atoms with van der Waals surface area (Å²) < 4.78 is 5.72. The van der Waals surface area contributed by atoms with E-state index in [1.165, 1.54) is 103 Å². The second-order valence-corrected chi connectivity index (χ2v) is 6.56. The van der Waals surface area contributed by atoms with Gasteiger partial charge in [-0.1, -0.05) is 104 Å². The highest BCUT2D eigenvalue weighted by Crippen LogP contribution is 2.10. The first-order chi connectivity index (χ1) is 10.4. The van der Waals surface area contributed by atoms with E-state index in [1.807, 2.05) is 0 Å².